The first-order valence-electron chi connectivity index (χ1n) is 9.43. The van der Waals surface area contributed by atoms with Gasteiger partial charge in [0.25, 0.3) is 0 Å². The Hall–Kier alpha value is -0.990. The summed E-state index contributed by atoms with van der Waals surface area (Å²) in [4.78, 5) is 16.6. The summed E-state index contributed by atoms with van der Waals surface area (Å²) >= 11 is 1.58. The van der Waals surface area contributed by atoms with Gasteiger partial charge in [0.1, 0.15) is 0 Å². The van der Waals surface area contributed by atoms with E-state index in [1.807, 2.05) is 17.8 Å². The van der Waals surface area contributed by atoms with E-state index in [1.54, 1.807) is 11.3 Å². The van der Waals surface area contributed by atoms with Gasteiger partial charge < -0.3 is 10.6 Å². The van der Waals surface area contributed by atoms with Crippen molar-refractivity contribution in [1.29, 1.82) is 0 Å². The summed E-state index contributed by atoms with van der Waals surface area (Å²) in [5.74, 6) is 0.699. The predicted octanol–water partition coefficient (Wildman–Crippen LogP) is 1.87. The Kier molecular flexibility index (Phi) is 4.64. The average Bonchev–Trinajstić information content (AvgIpc) is 3.10. The third-order valence-electron chi connectivity index (χ3n) is 6.44. The number of nitrogens with one attached hydrogen (secondary N) is 2. The number of carbonyl (C=O) groups excluding carboxylic acids is 1. The molecule has 8 heteroatoms. The Bertz CT molecular complexity index is 766. The lowest BCUT2D eigenvalue weighted by Gasteiger charge is -2.51. The van der Waals surface area contributed by atoms with E-state index >= 15 is 0 Å². The Labute approximate surface area is 159 Å². The predicted molar refractivity (Wildman–Crippen MR) is 102 cm³/mol. The van der Waals surface area contributed by atoms with Crippen molar-refractivity contribution in [1.82, 2.24) is 15.6 Å². The van der Waals surface area contributed by atoms with Gasteiger partial charge in [-0.05, 0) is 51.0 Å². The smallest absolute Gasteiger partial charge is 0.226 e. The molecule has 0 aromatic carbocycles. The van der Waals surface area contributed by atoms with Crippen molar-refractivity contribution < 1.29 is 13.2 Å². The second-order valence-electron chi connectivity index (χ2n) is 8.61. The molecule has 26 heavy (non-hydrogen) atoms. The van der Waals surface area contributed by atoms with Gasteiger partial charge in [-0.15, -0.1) is 11.3 Å². The lowest BCUT2D eigenvalue weighted by Crippen LogP contribution is -2.60. The maximum absolute atomic E-state index is 12.7. The van der Waals surface area contributed by atoms with Gasteiger partial charge in [-0.2, -0.15) is 0 Å². The van der Waals surface area contributed by atoms with Crippen LogP contribution in [0, 0.1) is 11.3 Å². The van der Waals surface area contributed by atoms with Crippen molar-refractivity contribution in [3.63, 3.8) is 0 Å². The summed E-state index contributed by atoms with van der Waals surface area (Å²) in [6.07, 6.45) is 4.45. The molecule has 0 radical (unpaired) electrons. The maximum atomic E-state index is 12.7. The van der Waals surface area contributed by atoms with Gasteiger partial charge in [0.2, 0.25) is 5.91 Å². The van der Waals surface area contributed by atoms with Gasteiger partial charge in [0.05, 0.1) is 21.7 Å². The summed E-state index contributed by atoms with van der Waals surface area (Å²) < 4.78 is 24.8. The number of aromatic nitrogens is 1. The fourth-order valence-corrected chi connectivity index (χ4v) is 7.40. The lowest BCUT2D eigenvalue weighted by atomic mass is 9.70. The Morgan fingerprint density at radius 2 is 2.12 bits per heavy atom. The highest BCUT2D eigenvalue weighted by atomic mass is 32.2. The minimum Gasteiger partial charge on any atom is -0.353 e. The molecule has 2 N–H and O–H groups in total. The number of rotatable bonds is 6. The van der Waals surface area contributed by atoms with Crippen molar-refractivity contribution in [2.75, 3.05) is 12.3 Å². The molecule has 1 unspecified atom stereocenters. The zero-order valence-corrected chi connectivity index (χ0v) is 16.8. The van der Waals surface area contributed by atoms with Crippen LogP contribution in [0.5, 0.6) is 0 Å². The molecule has 2 heterocycles. The topological polar surface area (TPSA) is 88.2 Å². The molecule has 3 aliphatic rings. The molecule has 1 atom stereocenters. The average molecular weight is 398 g/mol. The molecule has 144 valence electrons. The molecule has 1 aliphatic heterocycles. The Morgan fingerprint density at radius 1 is 1.35 bits per heavy atom. The summed E-state index contributed by atoms with van der Waals surface area (Å²) in [5, 5.41) is 8.55. The number of thiazole rings is 1. The van der Waals surface area contributed by atoms with E-state index in [0.717, 1.165) is 31.6 Å². The highest BCUT2D eigenvalue weighted by molar-refractivity contribution is 7.92. The molecule has 6 nitrogen and oxygen atoms in total. The van der Waals surface area contributed by atoms with E-state index in [0.29, 0.717) is 31.6 Å². The van der Waals surface area contributed by atoms with Crippen LogP contribution in [0.4, 0.5) is 0 Å². The third kappa shape index (κ3) is 3.43. The molecule has 1 saturated heterocycles. The highest BCUT2D eigenvalue weighted by Crippen LogP contribution is 2.50. The Morgan fingerprint density at radius 3 is 2.77 bits per heavy atom. The van der Waals surface area contributed by atoms with Crippen LogP contribution in [0.3, 0.4) is 0 Å². The van der Waals surface area contributed by atoms with E-state index in [-0.39, 0.29) is 23.1 Å². The van der Waals surface area contributed by atoms with Crippen LogP contribution in [-0.4, -0.2) is 42.4 Å². The normalized spacial score (nSPS) is 34.2. The zero-order chi connectivity index (χ0) is 18.4. The van der Waals surface area contributed by atoms with Gasteiger partial charge in [-0.25, -0.2) is 13.4 Å². The molecule has 4 rings (SSSR count). The molecular weight excluding hydrogens is 370 g/mol. The quantitative estimate of drug-likeness (QED) is 0.765. The van der Waals surface area contributed by atoms with Crippen LogP contribution < -0.4 is 10.6 Å². The largest absolute Gasteiger partial charge is 0.353 e. The molecule has 2 saturated carbocycles. The molecule has 1 spiro atoms. The molecule has 1 aromatic rings. The summed E-state index contributed by atoms with van der Waals surface area (Å²) in [7, 11) is -3.07. The number of nitrogens with zero attached hydrogens (tertiary/aromatic N) is 1. The second kappa shape index (κ2) is 6.56. The van der Waals surface area contributed by atoms with Crippen molar-refractivity contribution in [2.24, 2.45) is 11.3 Å². The van der Waals surface area contributed by atoms with Crippen molar-refractivity contribution in [3.8, 4) is 0 Å². The fraction of sp³-hybridized carbons (Fsp3) is 0.778. The molecule has 3 fully saturated rings. The summed E-state index contributed by atoms with van der Waals surface area (Å²) in [6, 6.07) is 0.00682. The summed E-state index contributed by atoms with van der Waals surface area (Å²) in [5.41, 5.74) is 2.65. The molecule has 1 amide bonds. The highest BCUT2D eigenvalue weighted by Gasteiger charge is 2.57. The molecule has 0 bridgehead atoms. The number of amides is 1. The van der Waals surface area contributed by atoms with Gasteiger partial charge in [0.15, 0.2) is 9.84 Å². The minimum atomic E-state index is -3.07. The van der Waals surface area contributed by atoms with Crippen LogP contribution >= 0.6 is 11.3 Å². The van der Waals surface area contributed by atoms with E-state index in [2.05, 4.69) is 15.6 Å². The van der Waals surface area contributed by atoms with Crippen molar-refractivity contribution >= 4 is 27.1 Å². The van der Waals surface area contributed by atoms with E-state index in [9.17, 15) is 13.2 Å². The first-order valence-corrected chi connectivity index (χ1v) is 12.0. The molecule has 1 aromatic heterocycles. The summed E-state index contributed by atoms with van der Waals surface area (Å²) in [6.45, 7) is 3.55. The van der Waals surface area contributed by atoms with Crippen LogP contribution in [0.15, 0.2) is 10.9 Å². The van der Waals surface area contributed by atoms with Gasteiger partial charge in [-0.3, -0.25) is 4.79 Å². The van der Waals surface area contributed by atoms with Gasteiger partial charge in [0, 0.05) is 23.4 Å². The SMILES string of the molecule is CC1(C(=O)NC2CCS(=O)(=O)C3(CC(CNCc4cscn4)C3)C2)CC1. The van der Waals surface area contributed by atoms with Crippen LogP contribution in [0.2, 0.25) is 0 Å². The maximum Gasteiger partial charge on any atom is 0.226 e. The molecule has 2 aliphatic carbocycles. The van der Waals surface area contributed by atoms with Gasteiger partial charge in [-0.1, -0.05) is 6.92 Å². The van der Waals surface area contributed by atoms with Crippen LogP contribution in [0.25, 0.3) is 0 Å². The van der Waals surface area contributed by atoms with E-state index in [4.69, 9.17) is 0 Å². The monoisotopic (exact) mass is 397 g/mol. The van der Waals surface area contributed by atoms with Crippen LogP contribution in [0.1, 0.15) is 51.1 Å². The van der Waals surface area contributed by atoms with Gasteiger partial charge >= 0.3 is 0 Å². The van der Waals surface area contributed by atoms with Crippen molar-refractivity contribution in [3.05, 3.63) is 16.6 Å². The second-order valence-corrected chi connectivity index (χ2v) is 11.8. The first kappa shape index (κ1) is 18.4. The zero-order valence-electron chi connectivity index (χ0n) is 15.2. The number of hydrogen-bond donors (Lipinski definition) is 2. The van der Waals surface area contributed by atoms with E-state index < -0.39 is 14.6 Å². The van der Waals surface area contributed by atoms with Crippen LogP contribution in [-0.2, 0) is 21.2 Å². The third-order valence-corrected chi connectivity index (χ3v) is 9.67. The lowest BCUT2D eigenvalue weighted by molar-refractivity contribution is -0.126. The fourth-order valence-electron chi connectivity index (χ4n) is 4.38. The minimum absolute atomic E-state index is 0.00682. The van der Waals surface area contributed by atoms with E-state index in [1.165, 1.54) is 0 Å². The standard InChI is InChI=1S/C18H27N3O3S2/c1-17(3-4-17)16(22)21-14-2-5-26(23,24)18(8-14)6-13(7-18)9-19-10-15-11-25-12-20-15/h11-14,19H,2-10H2,1H3,(H,21,22). The molecular formula is C18H27N3O3S2. The number of carbonyl (C=O) groups is 1. The first-order chi connectivity index (χ1) is 12.3. The van der Waals surface area contributed by atoms with Crippen molar-refractivity contribution in [2.45, 2.75) is 62.8 Å². The number of hydrogen-bond acceptors (Lipinski definition) is 6. The number of sulfone groups is 1. The Balaban J connectivity index is 1.30.